The minimum absolute atomic E-state index is 0.351. The van der Waals surface area contributed by atoms with E-state index in [1.807, 2.05) is 47.1 Å². The lowest BCUT2D eigenvalue weighted by atomic mass is 10.1. The van der Waals surface area contributed by atoms with Crippen LogP contribution in [-0.4, -0.2) is 33.6 Å². The first kappa shape index (κ1) is 17.1. The average Bonchev–Trinajstić information content (AvgIpc) is 3.18. The molecule has 0 spiro atoms. The number of hydrogen-bond acceptors (Lipinski definition) is 5. The first-order chi connectivity index (χ1) is 14.2. The van der Waals surface area contributed by atoms with E-state index in [0.29, 0.717) is 41.9 Å². The third-order valence-corrected chi connectivity index (χ3v) is 4.45. The molecule has 8 nitrogen and oxygen atoms in total. The van der Waals surface area contributed by atoms with Gasteiger partial charge in [0.15, 0.2) is 11.5 Å². The Morgan fingerprint density at radius 3 is 2.66 bits per heavy atom. The number of urea groups is 1. The third-order valence-electron chi connectivity index (χ3n) is 4.45. The van der Waals surface area contributed by atoms with Gasteiger partial charge in [-0.2, -0.15) is 0 Å². The van der Waals surface area contributed by atoms with Crippen LogP contribution in [-0.2, 0) is 0 Å². The van der Waals surface area contributed by atoms with Crippen molar-refractivity contribution in [1.82, 2.24) is 14.4 Å². The Morgan fingerprint density at radius 1 is 0.966 bits per heavy atom. The van der Waals surface area contributed by atoms with Gasteiger partial charge in [0, 0.05) is 41.6 Å². The number of anilines is 2. The van der Waals surface area contributed by atoms with Gasteiger partial charge in [-0.15, -0.1) is 0 Å². The zero-order valence-electron chi connectivity index (χ0n) is 15.3. The molecule has 0 saturated carbocycles. The Labute approximate surface area is 166 Å². The number of rotatable bonds is 3. The van der Waals surface area contributed by atoms with Gasteiger partial charge in [-0.3, -0.25) is 4.40 Å². The summed E-state index contributed by atoms with van der Waals surface area (Å²) in [6.45, 7) is 1.02. The number of imidazole rings is 1. The zero-order valence-corrected chi connectivity index (χ0v) is 15.3. The fourth-order valence-corrected chi connectivity index (χ4v) is 3.14. The SMILES string of the molecule is O=C(Nc1cccc(-c2cn3cccnc3n2)c1)Nc1ccc2c(c1)OCCO2. The highest BCUT2D eigenvalue weighted by Gasteiger charge is 2.13. The molecule has 0 bridgehead atoms. The number of fused-ring (bicyclic) bond motifs is 2. The fraction of sp³-hybridized carbons (Fsp3) is 0.0952. The van der Waals surface area contributed by atoms with E-state index >= 15 is 0 Å². The van der Waals surface area contributed by atoms with Crippen LogP contribution in [0.4, 0.5) is 16.2 Å². The average molecular weight is 387 g/mol. The minimum atomic E-state index is -0.351. The van der Waals surface area contributed by atoms with E-state index in [1.165, 1.54) is 0 Å². The first-order valence-electron chi connectivity index (χ1n) is 9.12. The molecule has 0 unspecified atom stereocenters. The number of amides is 2. The van der Waals surface area contributed by atoms with Crippen LogP contribution in [0.1, 0.15) is 0 Å². The monoisotopic (exact) mass is 387 g/mol. The quantitative estimate of drug-likeness (QED) is 0.558. The van der Waals surface area contributed by atoms with Gasteiger partial charge in [0.1, 0.15) is 13.2 Å². The summed E-state index contributed by atoms with van der Waals surface area (Å²) < 4.78 is 12.9. The predicted molar refractivity (Wildman–Crippen MR) is 108 cm³/mol. The number of hydrogen-bond donors (Lipinski definition) is 2. The highest BCUT2D eigenvalue weighted by molar-refractivity contribution is 6.00. The molecule has 2 N–H and O–H groups in total. The smallest absolute Gasteiger partial charge is 0.323 e. The summed E-state index contributed by atoms with van der Waals surface area (Å²) in [6, 6.07) is 14.3. The number of ether oxygens (including phenoxy) is 2. The molecule has 1 aliphatic rings. The molecular formula is C21H17N5O3. The standard InChI is InChI=1S/C21H17N5O3/c27-21(24-16-5-6-18-19(12-16)29-10-9-28-18)23-15-4-1-3-14(11-15)17-13-26-8-2-7-22-20(26)25-17/h1-8,11-13H,9-10H2,(H2,23,24,27). The fourth-order valence-electron chi connectivity index (χ4n) is 3.14. The van der Waals surface area contributed by atoms with Gasteiger partial charge in [0.25, 0.3) is 0 Å². The second-order valence-electron chi connectivity index (χ2n) is 6.47. The number of aromatic nitrogens is 3. The van der Waals surface area contributed by atoms with E-state index in [-0.39, 0.29) is 6.03 Å². The van der Waals surface area contributed by atoms with Gasteiger partial charge in [0.05, 0.1) is 5.69 Å². The van der Waals surface area contributed by atoms with Crippen LogP contribution in [0.5, 0.6) is 11.5 Å². The second-order valence-corrected chi connectivity index (χ2v) is 6.47. The number of nitrogens with zero attached hydrogens (tertiary/aromatic N) is 3. The summed E-state index contributed by atoms with van der Waals surface area (Å²) in [4.78, 5) is 21.2. The maximum Gasteiger partial charge on any atom is 0.323 e. The van der Waals surface area contributed by atoms with Gasteiger partial charge in [-0.25, -0.2) is 14.8 Å². The van der Waals surface area contributed by atoms with Crippen LogP contribution < -0.4 is 20.1 Å². The molecule has 3 heterocycles. The Morgan fingerprint density at radius 2 is 1.79 bits per heavy atom. The second kappa shape index (κ2) is 7.16. The number of nitrogens with one attached hydrogen (secondary N) is 2. The molecule has 0 saturated heterocycles. The Balaban J connectivity index is 1.31. The molecule has 5 rings (SSSR count). The van der Waals surface area contributed by atoms with Gasteiger partial charge in [0.2, 0.25) is 5.78 Å². The summed E-state index contributed by atoms with van der Waals surface area (Å²) in [6.07, 6.45) is 5.49. The van der Waals surface area contributed by atoms with Crippen LogP contribution >= 0.6 is 0 Å². The number of carbonyl (C=O) groups excluding carboxylic acids is 1. The molecule has 1 aliphatic heterocycles. The van der Waals surface area contributed by atoms with Crippen molar-refractivity contribution in [3.05, 3.63) is 67.1 Å². The van der Waals surface area contributed by atoms with Crippen LogP contribution in [0.25, 0.3) is 17.0 Å². The molecule has 8 heteroatoms. The van der Waals surface area contributed by atoms with Crippen LogP contribution in [0.2, 0.25) is 0 Å². The maximum absolute atomic E-state index is 12.4. The zero-order chi connectivity index (χ0) is 19.6. The van der Waals surface area contributed by atoms with Crippen molar-refractivity contribution >= 4 is 23.2 Å². The van der Waals surface area contributed by atoms with Crippen molar-refractivity contribution in [2.45, 2.75) is 0 Å². The van der Waals surface area contributed by atoms with Crippen molar-refractivity contribution in [3.63, 3.8) is 0 Å². The molecule has 0 atom stereocenters. The van der Waals surface area contributed by atoms with E-state index in [2.05, 4.69) is 20.6 Å². The number of carbonyl (C=O) groups is 1. The molecule has 2 aromatic carbocycles. The van der Waals surface area contributed by atoms with Crippen molar-refractivity contribution in [1.29, 1.82) is 0 Å². The first-order valence-corrected chi connectivity index (χ1v) is 9.12. The highest BCUT2D eigenvalue weighted by Crippen LogP contribution is 2.32. The van der Waals surface area contributed by atoms with Crippen LogP contribution in [0.3, 0.4) is 0 Å². The van der Waals surface area contributed by atoms with Gasteiger partial charge in [-0.1, -0.05) is 12.1 Å². The lowest BCUT2D eigenvalue weighted by Gasteiger charge is -2.19. The lowest BCUT2D eigenvalue weighted by molar-refractivity contribution is 0.171. The Bertz CT molecular complexity index is 1170. The summed E-state index contributed by atoms with van der Waals surface area (Å²) >= 11 is 0. The van der Waals surface area contributed by atoms with Crippen LogP contribution in [0, 0.1) is 0 Å². The highest BCUT2D eigenvalue weighted by atomic mass is 16.6. The van der Waals surface area contributed by atoms with Gasteiger partial charge < -0.3 is 20.1 Å². The van der Waals surface area contributed by atoms with E-state index < -0.39 is 0 Å². The molecule has 0 aliphatic carbocycles. The van der Waals surface area contributed by atoms with E-state index in [1.54, 1.807) is 24.4 Å². The van der Waals surface area contributed by atoms with Crippen molar-refractivity contribution in [2.24, 2.45) is 0 Å². The molecule has 0 radical (unpaired) electrons. The van der Waals surface area contributed by atoms with Crippen molar-refractivity contribution in [3.8, 4) is 22.8 Å². The van der Waals surface area contributed by atoms with E-state index in [9.17, 15) is 4.79 Å². The number of benzene rings is 2. The predicted octanol–water partition coefficient (Wildman–Crippen LogP) is 3.81. The summed E-state index contributed by atoms with van der Waals surface area (Å²) in [5, 5.41) is 5.65. The largest absolute Gasteiger partial charge is 0.486 e. The molecule has 144 valence electrons. The molecular weight excluding hydrogens is 370 g/mol. The van der Waals surface area contributed by atoms with Gasteiger partial charge >= 0.3 is 6.03 Å². The Kier molecular flexibility index (Phi) is 4.21. The lowest BCUT2D eigenvalue weighted by Crippen LogP contribution is -2.20. The van der Waals surface area contributed by atoms with Crippen molar-refractivity contribution < 1.29 is 14.3 Å². The van der Waals surface area contributed by atoms with Crippen LogP contribution in [0.15, 0.2) is 67.1 Å². The van der Waals surface area contributed by atoms with Crippen molar-refractivity contribution in [2.75, 3.05) is 23.8 Å². The molecule has 4 aromatic rings. The third kappa shape index (κ3) is 3.55. The molecule has 29 heavy (non-hydrogen) atoms. The van der Waals surface area contributed by atoms with E-state index in [0.717, 1.165) is 11.3 Å². The Hall–Kier alpha value is -4.07. The van der Waals surface area contributed by atoms with Gasteiger partial charge in [-0.05, 0) is 30.3 Å². The minimum Gasteiger partial charge on any atom is -0.486 e. The molecule has 0 fully saturated rings. The summed E-state index contributed by atoms with van der Waals surface area (Å²) in [5.41, 5.74) is 2.93. The summed E-state index contributed by atoms with van der Waals surface area (Å²) in [5.74, 6) is 1.92. The molecule has 2 aromatic heterocycles. The topological polar surface area (TPSA) is 89.8 Å². The van der Waals surface area contributed by atoms with E-state index in [4.69, 9.17) is 9.47 Å². The normalized spacial score (nSPS) is 12.6. The molecule has 2 amide bonds. The summed E-state index contributed by atoms with van der Waals surface area (Å²) in [7, 11) is 0. The maximum atomic E-state index is 12.4.